The number of thiazole rings is 1. The number of anilines is 2. The van der Waals surface area contributed by atoms with E-state index in [1.54, 1.807) is 43.3 Å². The molecule has 0 unspecified atom stereocenters. The average Bonchev–Trinajstić information content (AvgIpc) is 3.45. The van der Waals surface area contributed by atoms with Crippen LogP contribution in [-0.4, -0.2) is 31.0 Å². The highest BCUT2D eigenvalue weighted by Crippen LogP contribution is 2.37. The molecule has 4 aromatic rings. The Bertz CT molecular complexity index is 1340. The van der Waals surface area contributed by atoms with Crippen LogP contribution < -0.4 is 20.1 Å². The standard InChI is InChI=1S/C25H23N3O5S/c1-14-10-11-19(33-14)25-26-15(2)22(34-25)24(30)28-18-13-20(31-3)17(12-21(18)32-4)27-23(29)16-8-6-5-7-9-16/h5-13H,1-4H3,(H,27,29)(H,28,30). The quantitative estimate of drug-likeness (QED) is 0.362. The first-order valence-electron chi connectivity index (χ1n) is 10.4. The molecule has 2 aromatic carbocycles. The molecule has 174 valence electrons. The van der Waals surface area contributed by atoms with Gasteiger partial charge in [0.05, 0.1) is 31.3 Å². The molecule has 0 atom stereocenters. The molecule has 2 aromatic heterocycles. The first-order valence-corrected chi connectivity index (χ1v) is 11.2. The molecule has 0 aliphatic carbocycles. The maximum atomic E-state index is 13.1. The van der Waals surface area contributed by atoms with Gasteiger partial charge in [-0.3, -0.25) is 9.59 Å². The van der Waals surface area contributed by atoms with Crippen molar-refractivity contribution in [1.82, 2.24) is 4.98 Å². The maximum Gasteiger partial charge on any atom is 0.267 e. The zero-order chi connectivity index (χ0) is 24.2. The van der Waals surface area contributed by atoms with Gasteiger partial charge in [-0.2, -0.15) is 0 Å². The molecule has 0 saturated heterocycles. The van der Waals surface area contributed by atoms with Crippen molar-refractivity contribution in [3.05, 3.63) is 76.5 Å². The Balaban J connectivity index is 1.59. The smallest absolute Gasteiger partial charge is 0.267 e. The highest BCUT2D eigenvalue weighted by atomic mass is 32.1. The van der Waals surface area contributed by atoms with Gasteiger partial charge in [0.2, 0.25) is 0 Å². The fourth-order valence-corrected chi connectivity index (χ4v) is 4.24. The Labute approximate surface area is 200 Å². The van der Waals surface area contributed by atoms with Crippen LogP contribution in [0, 0.1) is 13.8 Å². The van der Waals surface area contributed by atoms with E-state index in [0.717, 1.165) is 5.76 Å². The van der Waals surface area contributed by atoms with Crippen LogP contribution in [0.2, 0.25) is 0 Å². The minimum absolute atomic E-state index is 0.293. The molecule has 0 saturated carbocycles. The summed E-state index contributed by atoms with van der Waals surface area (Å²) in [5.74, 6) is 1.48. The van der Waals surface area contributed by atoms with E-state index in [2.05, 4.69) is 15.6 Å². The molecule has 34 heavy (non-hydrogen) atoms. The predicted molar refractivity (Wildman–Crippen MR) is 131 cm³/mol. The lowest BCUT2D eigenvalue weighted by Crippen LogP contribution is -2.15. The molecule has 2 amide bonds. The van der Waals surface area contributed by atoms with Crippen molar-refractivity contribution in [2.45, 2.75) is 13.8 Å². The molecule has 0 fully saturated rings. The monoisotopic (exact) mass is 477 g/mol. The number of carbonyl (C=O) groups is 2. The largest absolute Gasteiger partial charge is 0.494 e. The van der Waals surface area contributed by atoms with Crippen molar-refractivity contribution < 1.29 is 23.5 Å². The number of nitrogens with one attached hydrogen (secondary N) is 2. The van der Waals surface area contributed by atoms with E-state index in [4.69, 9.17) is 13.9 Å². The number of nitrogens with zero attached hydrogens (tertiary/aromatic N) is 1. The van der Waals surface area contributed by atoms with Gasteiger partial charge in [-0.05, 0) is 38.1 Å². The summed E-state index contributed by atoms with van der Waals surface area (Å²) in [6.07, 6.45) is 0. The van der Waals surface area contributed by atoms with Crippen molar-refractivity contribution in [2.24, 2.45) is 0 Å². The second-order valence-electron chi connectivity index (χ2n) is 7.37. The fraction of sp³-hybridized carbons (Fsp3) is 0.160. The lowest BCUT2D eigenvalue weighted by molar-refractivity contribution is 0.101. The summed E-state index contributed by atoms with van der Waals surface area (Å²) in [5, 5.41) is 6.31. The van der Waals surface area contributed by atoms with Gasteiger partial charge in [0.25, 0.3) is 11.8 Å². The minimum Gasteiger partial charge on any atom is -0.494 e. The Hall–Kier alpha value is -4.11. The number of hydrogen-bond acceptors (Lipinski definition) is 7. The number of methoxy groups -OCH3 is 2. The first kappa shape index (κ1) is 23.1. The molecule has 8 nitrogen and oxygen atoms in total. The molecule has 0 aliphatic heterocycles. The number of ether oxygens (including phenoxy) is 2. The number of aromatic nitrogens is 1. The topological polar surface area (TPSA) is 103 Å². The first-order chi connectivity index (χ1) is 16.4. The highest BCUT2D eigenvalue weighted by Gasteiger charge is 2.21. The number of benzene rings is 2. The van der Waals surface area contributed by atoms with E-state index in [0.29, 0.717) is 49.8 Å². The second kappa shape index (κ2) is 9.80. The SMILES string of the molecule is COc1cc(NC(=O)c2sc(-c3ccc(C)o3)nc2C)c(OC)cc1NC(=O)c1ccccc1. The van der Waals surface area contributed by atoms with Gasteiger partial charge >= 0.3 is 0 Å². The molecule has 0 aliphatic rings. The summed E-state index contributed by atoms with van der Waals surface area (Å²) in [4.78, 5) is 30.6. The number of rotatable bonds is 7. The van der Waals surface area contributed by atoms with Gasteiger partial charge in [0.1, 0.15) is 22.1 Å². The van der Waals surface area contributed by atoms with Crippen molar-refractivity contribution in [2.75, 3.05) is 24.9 Å². The maximum absolute atomic E-state index is 13.1. The van der Waals surface area contributed by atoms with Gasteiger partial charge in [0.15, 0.2) is 10.8 Å². The highest BCUT2D eigenvalue weighted by molar-refractivity contribution is 7.17. The molecule has 4 rings (SSSR count). The summed E-state index contributed by atoms with van der Waals surface area (Å²) >= 11 is 1.24. The van der Waals surface area contributed by atoms with Crippen LogP contribution in [0.1, 0.15) is 31.5 Å². The van der Waals surface area contributed by atoms with E-state index >= 15 is 0 Å². The van der Waals surface area contributed by atoms with Gasteiger partial charge in [-0.1, -0.05) is 18.2 Å². The van der Waals surface area contributed by atoms with Crippen LogP contribution >= 0.6 is 11.3 Å². The zero-order valence-corrected chi connectivity index (χ0v) is 19.9. The van der Waals surface area contributed by atoms with Crippen LogP contribution in [0.3, 0.4) is 0 Å². The lowest BCUT2D eigenvalue weighted by atomic mass is 10.2. The van der Waals surface area contributed by atoms with Gasteiger partial charge in [-0.25, -0.2) is 4.98 Å². The van der Waals surface area contributed by atoms with Crippen molar-refractivity contribution in [3.8, 4) is 22.3 Å². The Kier molecular flexibility index (Phi) is 6.65. The molecular weight excluding hydrogens is 454 g/mol. The third-order valence-corrected chi connectivity index (χ3v) is 6.18. The molecule has 0 bridgehead atoms. The Morgan fingerprint density at radius 2 is 1.50 bits per heavy atom. The average molecular weight is 478 g/mol. The molecule has 2 N–H and O–H groups in total. The van der Waals surface area contributed by atoms with Crippen molar-refractivity contribution >= 4 is 34.5 Å². The number of hydrogen-bond donors (Lipinski definition) is 2. The normalized spacial score (nSPS) is 10.6. The van der Waals surface area contributed by atoms with E-state index in [1.807, 2.05) is 25.1 Å². The van der Waals surface area contributed by atoms with Crippen LogP contribution in [0.25, 0.3) is 10.8 Å². The number of aryl methyl sites for hydroxylation is 2. The summed E-state index contributed by atoms with van der Waals surface area (Å²) < 4.78 is 16.5. The molecule has 2 heterocycles. The number of carbonyl (C=O) groups excluding carboxylic acids is 2. The second-order valence-corrected chi connectivity index (χ2v) is 8.37. The summed E-state index contributed by atoms with van der Waals surface area (Å²) in [6, 6.07) is 15.7. The fourth-order valence-electron chi connectivity index (χ4n) is 3.32. The van der Waals surface area contributed by atoms with E-state index in [9.17, 15) is 9.59 Å². The van der Waals surface area contributed by atoms with Gasteiger partial charge < -0.3 is 24.5 Å². The van der Waals surface area contributed by atoms with Gasteiger partial charge in [-0.15, -0.1) is 11.3 Å². The Morgan fingerprint density at radius 1 is 0.882 bits per heavy atom. The minimum atomic E-state index is -0.342. The van der Waals surface area contributed by atoms with Gasteiger partial charge in [0, 0.05) is 17.7 Å². The number of furan rings is 1. The molecule has 0 spiro atoms. The Morgan fingerprint density at radius 3 is 2.06 bits per heavy atom. The van der Waals surface area contributed by atoms with Crippen LogP contribution in [0.5, 0.6) is 11.5 Å². The summed E-state index contributed by atoms with van der Waals surface area (Å²) in [7, 11) is 2.96. The summed E-state index contributed by atoms with van der Waals surface area (Å²) in [5.41, 5.74) is 1.90. The summed E-state index contributed by atoms with van der Waals surface area (Å²) in [6.45, 7) is 3.62. The predicted octanol–water partition coefficient (Wildman–Crippen LogP) is 5.54. The van der Waals surface area contributed by atoms with E-state index in [-0.39, 0.29) is 11.8 Å². The van der Waals surface area contributed by atoms with Crippen LogP contribution in [0.4, 0.5) is 11.4 Å². The van der Waals surface area contributed by atoms with Crippen LogP contribution in [-0.2, 0) is 0 Å². The molecule has 0 radical (unpaired) electrons. The van der Waals surface area contributed by atoms with Crippen molar-refractivity contribution in [1.29, 1.82) is 0 Å². The third kappa shape index (κ3) is 4.79. The molecular formula is C25H23N3O5S. The van der Waals surface area contributed by atoms with Crippen LogP contribution in [0.15, 0.2) is 59.0 Å². The van der Waals surface area contributed by atoms with E-state index in [1.165, 1.54) is 25.6 Å². The lowest BCUT2D eigenvalue weighted by Gasteiger charge is -2.16. The zero-order valence-electron chi connectivity index (χ0n) is 19.1. The van der Waals surface area contributed by atoms with Crippen molar-refractivity contribution in [3.63, 3.8) is 0 Å². The number of amides is 2. The third-order valence-electron chi connectivity index (χ3n) is 5.01. The molecule has 9 heteroatoms. The van der Waals surface area contributed by atoms with E-state index < -0.39 is 0 Å².